The second kappa shape index (κ2) is 4.88. The van der Waals surface area contributed by atoms with Gasteiger partial charge < -0.3 is 10.6 Å². The first-order valence-electron chi connectivity index (χ1n) is 6.30. The van der Waals surface area contributed by atoms with E-state index in [-0.39, 0.29) is 0 Å². The van der Waals surface area contributed by atoms with Crippen LogP contribution in [-0.2, 0) is 0 Å². The number of hydrogen-bond donors (Lipinski definition) is 1. The van der Waals surface area contributed by atoms with Crippen molar-refractivity contribution in [2.24, 2.45) is 0 Å². The Balaban J connectivity index is 2.00. The number of anilines is 1. The van der Waals surface area contributed by atoms with Gasteiger partial charge in [-0.25, -0.2) is 0 Å². The summed E-state index contributed by atoms with van der Waals surface area (Å²) in [6, 6.07) is 9.11. The summed E-state index contributed by atoms with van der Waals surface area (Å²) in [4.78, 5) is 2.60. The van der Waals surface area contributed by atoms with Crippen molar-refractivity contribution in [1.29, 1.82) is 0 Å². The van der Waals surface area contributed by atoms with Gasteiger partial charge in [-0.1, -0.05) is 19.1 Å². The van der Waals surface area contributed by atoms with E-state index in [2.05, 4.69) is 30.9 Å². The first-order valence-corrected chi connectivity index (χ1v) is 6.30. The van der Waals surface area contributed by atoms with Gasteiger partial charge in [-0.2, -0.15) is 0 Å². The summed E-state index contributed by atoms with van der Waals surface area (Å²) < 4.78 is 0. The van der Waals surface area contributed by atoms with Gasteiger partial charge in [0.15, 0.2) is 0 Å². The molecule has 2 rings (SSSR count). The molecule has 1 heterocycles. The molecule has 1 saturated heterocycles. The van der Waals surface area contributed by atoms with E-state index in [4.69, 9.17) is 5.73 Å². The lowest BCUT2D eigenvalue weighted by atomic mass is 9.98. The fraction of sp³-hybridized carbons (Fsp3) is 0.571. The second-order valence-corrected chi connectivity index (χ2v) is 4.90. The maximum atomic E-state index is 5.71. The zero-order chi connectivity index (χ0) is 11.5. The number of nitrogens with zero attached hydrogens (tertiary/aromatic N) is 1. The van der Waals surface area contributed by atoms with E-state index in [0.29, 0.717) is 5.92 Å². The molecule has 2 N–H and O–H groups in total. The summed E-state index contributed by atoms with van der Waals surface area (Å²) >= 11 is 0. The zero-order valence-electron chi connectivity index (χ0n) is 10.3. The summed E-state index contributed by atoms with van der Waals surface area (Å²) in [6.07, 6.45) is 2.53. The first-order chi connectivity index (χ1) is 7.70. The molecular formula is C14H22N2. The van der Waals surface area contributed by atoms with Crippen molar-refractivity contribution in [3.05, 3.63) is 29.8 Å². The van der Waals surface area contributed by atoms with Crippen LogP contribution in [0.1, 0.15) is 38.2 Å². The van der Waals surface area contributed by atoms with Crippen molar-refractivity contribution in [3.8, 4) is 0 Å². The van der Waals surface area contributed by atoms with Gasteiger partial charge in [-0.05, 0) is 49.9 Å². The van der Waals surface area contributed by atoms with E-state index in [0.717, 1.165) is 11.7 Å². The second-order valence-electron chi connectivity index (χ2n) is 4.90. The molecule has 2 atom stereocenters. The highest BCUT2D eigenvalue weighted by Gasteiger charge is 2.25. The van der Waals surface area contributed by atoms with Crippen LogP contribution in [0.3, 0.4) is 0 Å². The highest BCUT2D eigenvalue weighted by atomic mass is 15.2. The van der Waals surface area contributed by atoms with E-state index >= 15 is 0 Å². The third-order valence-electron chi connectivity index (χ3n) is 3.84. The monoisotopic (exact) mass is 218 g/mol. The average Bonchev–Trinajstić information content (AvgIpc) is 2.78. The highest BCUT2D eigenvalue weighted by molar-refractivity contribution is 5.40. The van der Waals surface area contributed by atoms with Gasteiger partial charge >= 0.3 is 0 Å². The summed E-state index contributed by atoms with van der Waals surface area (Å²) in [7, 11) is 0. The lowest BCUT2D eigenvalue weighted by molar-refractivity contribution is 0.250. The van der Waals surface area contributed by atoms with Crippen molar-refractivity contribution in [3.63, 3.8) is 0 Å². The minimum absolute atomic E-state index is 0.703. The van der Waals surface area contributed by atoms with Gasteiger partial charge in [0, 0.05) is 18.3 Å². The molecule has 0 spiro atoms. The third-order valence-corrected chi connectivity index (χ3v) is 3.84. The van der Waals surface area contributed by atoms with Gasteiger partial charge in [0.25, 0.3) is 0 Å². The first kappa shape index (κ1) is 11.5. The number of hydrogen-bond acceptors (Lipinski definition) is 2. The van der Waals surface area contributed by atoms with E-state index < -0.39 is 0 Å². The Morgan fingerprint density at radius 1 is 1.38 bits per heavy atom. The van der Waals surface area contributed by atoms with Crippen LogP contribution in [0.4, 0.5) is 5.69 Å². The third kappa shape index (κ3) is 2.38. The number of nitrogen functional groups attached to an aromatic ring is 1. The van der Waals surface area contributed by atoms with Crippen molar-refractivity contribution < 1.29 is 0 Å². The number of nitrogens with two attached hydrogens (primary N) is 1. The van der Waals surface area contributed by atoms with Crippen LogP contribution in [0.5, 0.6) is 0 Å². The van der Waals surface area contributed by atoms with Crippen LogP contribution in [0.2, 0.25) is 0 Å². The molecule has 16 heavy (non-hydrogen) atoms. The van der Waals surface area contributed by atoms with E-state index in [1.165, 1.54) is 31.5 Å². The number of benzene rings is 1. The molecular weight excluding hydrogens is 196 g/mol. The molecule has 0 aromatic heterocycles. The Bertz CT molecular complexity index is 331. The Morgan fingerprint density at radius 3 is 2.69 bits per heavy atom. The van der Waals surface area contributed by atoms with Crippen molar-refractivity contribution in [2.45, 2.75) is 38.6 Å². The van der Waals surface area contributed by atoms with Crippen LogP contribution < -0.4 is 5.73 Å². The molecule has 1 aliphatic heterocycles. The molecule has 1 aliphatic rings. The SMILES string of the molecule is CCC(C)N1CCC(c2ccc(N)cc2)C1. The van der Waals surface area contributed by atoms with Gasteiger partial charge in [0.05, 0.1) is 0 Å². The molecule has 0 bridgehead atoms. The molecule has 1 aromatic carbocycles. The van der Waals surface area contributed by atoms with Crippen LogP contribution in [-0.4, -0.2) is 24.0 Å². The van der Waals surface area contributed by atoms with Crippen LogP contribution in [0.25, 0.3) is 0 Å². The Morgan fingerprint density at radius 2 is 2.06 bits per heavy atom. The topological polar surface area (TPSA) is 29.3 Å². The quantitative estimate of drug-likeness (QED) is 0.790. The van der Waals surface area contributed by atoms with Crippen LogP contribution >= 0.6 is 0 Å². The smallest absolute Gasteiger partial charge is 0.0314 e. The molecule has 88 valence electrons. The van der Waals surface area contributed by atoms with Gasteiger partial charge in [0.1, 0.15) is 0 Å². The minimum Gasteiger partial charge on any atom is -0.399 e. The van der Waals surface area contributed by atoms with Gasteiger partial charge in [-0.3, -0.25) is 0 Å². The zero-order valence-corrected chi connectivity index (χ0v) is 10.3. The molecule has 2 heteroatoms. The standard InChI is InChI=1S/C14H22N2/c1-3-11(2)16-9-8-13(10-16)12-4-6-14(15)7-5-12/h4-7,11,13H,3,8-10,15H2,1-2H3. The lowest BCUT2D eigenvalue weighted by Crippen LogP contribution is -2.29. The van der Waals surface area contributed by atoms with E-state index in [9.17, 15) is 0 Å². The van der Waals surface area contributed by atoms with Gasteiger partial charge in [-0.15, -0.1) is 0 Å². The molecule has 1 fully saturated rings. The lowest BCUT2D eigenvalue weighted by Gasteiger charge is -2.23. The predicted octanol–water partition coefficient (Wildman–Crippen LogP) is 2.86. The van der Waals surface area contributed by atoms with Crippen molar-refractivity contribution >= 4 is 5.69 Å². The maximum Gasteiger partial charge on any atom is 0.0314 e. The molecule has 2 unspecified atom stereocenters. The Hall–Kier alpha value is -1.02. The van der Waals surface area contributed by atoms with E-state index in [1.807, 2.05) is 12.1 Å². The Kier molecular flexibility index (Phi) is 3.49. The largest absolute Gasteiger partial charge is 0.399 e. The van der Waals surface area contributed by atoms with Crippen molar-refractivity contribution in [2.75, 3.05) is 18.8 Å². The number of rotatable bonds is 3. The van der Waals surface area contributed by atoms with Crippen LogP contribution in [0.15, 0.2) is 24.3 Å². The van der Waals surface area contributed by atoms with Gasteiger partial charge in [0.2, 0.25) is 0 Å². The summed E-state index contributed by atoms with van der Waals surface area (Å²) in [5.41, 5.74) is 8.02. The van der Waals surface area contributed by atoms with Crippen LogP contribution in [0, 0.1) is 0 Å². The normalized spacial score (nSPS) is 23.5. The predicted molar refractivity (Wildman–Crippen MR) is 69.5 cm³/mol. The number of likely N-dealkylation sites (tertiary alicyclic amines) is 1. The minimum atomic E-state index is 0.703. The summed E-state index contributed by atoms with van der Waals surface area (Å²) in [5.74, 6) is 0.703. The van der Waals surface area contributed by atoms with E-state index in [1.54, 1.807) is 0 Å². The molecule has 1 aromatic rings. The molecule has 0 aliphatic carbocycles. The molecule has 0 saturated carbocycles. The van der Waals surface area contributed by atoms with Crippen molar-refractivity contribution in [1.82, 2.24) is 4.90 Å². The summed E-state index contributed by atoms with van der Waals surface area (Å²) in [6.45, 7) is 7.04. The average molecular weight is 218 g/mol. The molecule has 2 nitrogen and oxygen atoms in total. The molecule has 0 radical (unpaired) electrons. The fourth-order valence-corrected chi connectivity index (χ4v) is 2.49. The highest BCUT2D eigenvalue weighted by Crippen LogP contribution is 2.29. The fourth-order valence-electron chi connectivity index (χ4n) is 2.49. The maximum absolute atomic E-state index is 5.71. The molecule has 0 amide bonds. The Labute approximate surface area is 98.4 Å². The summed E-state index contributed by atoms with van der Waals surface area (Å²) in [5, 5.41) is 0.